The third-order valence-electron chi connectivity index (χ3n) is 6.28. The Morgan fingerprint density at radius 1 is 1.24 bits per heavy atom. The zero-order valence-electron chi connectivity index (χ0n) is 19.6. The Balaban J connectivity index is 1.63. The molecule has 1 amide bonds. The van der Waals surface area contributed by atoms with Gasteiger partial charge < -0.3 is 14.8 Å². The lowest BCUT2D eigenvalue weighted by Crippen LogP contribution is -2.36. The van der Waals surface area contributed by atoms with Gasteiger partial charge in [0.05, 0.1) is 17.2 Å². The van der Waals surface area contributed by atoms with Crippen molar-refractivity contribution >= 4 is 40.1 Å². The van der Waals surface area contributed by atoms with Gasteiger partial charge in [-0.15, -0.1) is 17.8 Å². The van der Waals surface area contributed by atoms with E-state index in [0.29, 0.717) is 23.1 Å². The van der Waals surface area contributed by atoms with Crippen LogP contribution in [0.2, 0.25) is 5.02 Å². The summed E-state index contributed by atoms with van der Waals surface area (Å²) < 4.78 is 11.3. The number of nitrogens with zero attached hydrogens (tertiary/aromatic N) is 1. The second-order valence-electron chi connectivity index (χ2n) is 8.71. The van der Waals surface area contributed by atoms with E-state index in [1.807, 2.05) is 13.0 Å². The predicted octanol–water partition coefficient (Wildman–Crippen LogP) is 6.50. The zero-order chi connectivity index (χ0) is 23.9. The molecule has 0 atom stereocenters. The van der Waals surface area contributed by atoms with Crippen molar-refractivity contribution in [2.24, 2.45) is 4.99 Å². The van der Waals surface area contributed by atoms with E-state index in [9.17, 15) is 4.79 Å². The van der Waals surface area contributed by atoms with Crippen LogP contribution in [-0.4, -0.2) is 31.4 Å². The summed E-state index contributed by atoms with van der Waals surface area (Å²) in [5.74, 6) is 3.41. The fourth-order valence-corrected chi connectivity index (χ4v) is 6.20. The van der Waals surface area contributed by atoms with Crippen LogP contribution in [0.5, 0.6) is 11.5 Å². The molecule has 1 saturated carbocycles. The van der Waals surface area contributed by atoms with E-state index >= 15 is 0 Å². The van der Waals surface area contributed by atoms with Crippen LogP contribution in [0.4, 0.5) is 5.00 Å². The quantitative estimate of drug-likeness (QED) is 0.333. The molecule has 1 N–H and O–H groups in total. The van der Waals surface area contributed by atoms with Crippen LogP contribution in [0.3, 0.4) is 0 Å². The first-order valence-corrected chi connectivity index (χ1v) is 13.3. The van der Waals surface area contributed by atoms with Gasteiger partial charge >= 0.3 is 0 Å². The topological polar surface area (TPSA) is 59.9 Å². The number of hydrogen-bond acceptors (Lipinski definition) is 5. The fourth-order valence-electron chi connectivity index (χ4n) is 4.69. The average molecular weight is 499 g/mol. The predicted molar refractivity (Wildman–Crippen MR) is 140 cm³/mol. The van der Waals surface area contributed by atoms with Crippen molar-refractivity contribution in [3.8, 4) is 23.8 Å². The van der Waals surface area contributed by atoms with E-state index in [4.69, 9.17) is 32.5 Å². The number of carbonyl (C=O) groups excluding carboxylic acids is 1. The molecule has 2 aromatic rings. The van der Waals surface area contributed by atoms with E-state index in [0.717, 1.165) is 54.7 Å². The van der Waals surface area contributed by atoms with Gasteiger partial charge in [-0.3, -0.25) is 4.79 Å². The third-order valence-corrected chi connectivity index (χ3v) is 7.76. The monoisotopic (exact) mass is 498 g/mol. The molecule has 2 aliphatic carbocycles. The molecular formula is C27H31ClN2O3S. The Morgan fingerprint density at radius 2 is 2.03 bits per heavy atom. The lowest BCUT2D eigenvalue weighted by molar-refractivity contribution is 0.0927. The Hall–Kier alpha value is -2.49. The van der Waals surface area contributed by atoms with E-state index in [2.05, 4.69) is 11.2 Å². The molecule has 2 aliphatic rings. The molecule has 1 aromatic heterocycles. The molecule has 1 heterocycles. The minimum Gasteiger partial charge on any atom is -0.490 e. The summed E-state index contributed by atoms with van der Waals surface area (Å²) in [5.41, 5.74) is 2.71. The summed E-state index contributed by atoms with van der Waals surface area (Å²) >= 11 is 8.10. The molecule has 0 aliphatic heterocycles. The third kappa shape index (κ3) is 5.76. The minimum absolute atomic E-state index is 0.0181. The van der Waals surface area contributed by atoms with Crippen molar-refractivity contribution in [3.63, 3.8) is 0 Å². The van der Waals surface area contributed by atoms with Crippen LogP contribution in [-0.2, 0) is 12.8 Å². The van der Waals surface area contributed by atoms with Gasteiger partial charge in [-0.05, 0) is 68.7 Å². The first-order chi connectivity index (χ1) is 16.6. The SMILES string of the molecule is C#CCOc1c(Cl)cc(C=Nc2sc3c(c2C(=O)NC2CCCCC2)CCCC3)cc1OCC. The highest BCUT2D eigenvalue weighted by atomic mass is 35.5. The standard InChI is InChI=1S/C27H31ClN2O3S/c1-3-14-33-25-21(28)15-18(16-22(25)32-4-2)17-29-27-24(20-12-8-9-13-23(20)34-27)26(31)30-19-10-6-5-7-11-19/h1,15-17,19H,4-14H2,2H3,(H,30,31). The molecule has 0 spiro atoms. The first-order valence-electron chi connectivity index (χ1n) is 12.1. The number of hydrogen-bond donors (Lipinski definition) is 1. The van der Waals surface area contributed by atoms with Crippen LogP contribution < -0.4 is 14.8 Å². The summed E-state index contributed by atoms with van der Waals surface area (Å²) in [4.78, 5) is 19.4. The molecule has 4 rings (SSSR count). The van der Waals surface area contributed by atoms with Gasteiger partial charge in [0.2, 0.25) is 0 Å². The number of halogens is 1. The number of rotatable bonds is 8. The number of amides is 1. The van der Waals surface area contributed by atoms with Crippen molar-refractivity contribution in [2.45, 2.75) is 70.8 Å². The highest BCUT2D eigenvalue weighted by Crippen LogP contribution is 2.41. The molecule has 180 valence electrons. The maximum atomic E-state index is 13.4. The lowest BCUT2D eigenvalue weighted by Gasteiger charge is -2.23. The average Bonchev–Trinajstić information content (AvgIpc) is 3.22. The Labute approximate surface area is 210 Å². The number of thiophene rings is 1. The molecule has 7 heteroatoms. The van der Waals surface area contributed by atoms with Gasteiger partial charge in [-0.2, -0.15) is 0 Å². The molecule has 5 nitrogen and oxygen atoms in total. The number of nitrogens with one attached hydrogen (secondary N) is 1. The van der Waals surface area contributed by atoms with Crippen LogP contribution in [0.25, 0.3) is 0 Å². The Kier molecular flexibility index (Phi) is 8.53. The van der Waals surface area contributed by atoms with Gasteiger partial charge in [0.25, 0.3) is 5.91 Å². The van der Waals surface area contributed by atoms with Crippen LogP contribution >= 0.6 is 22.9 Å². The van der Waals surface area contributed by atoms with Crippen LogP contribution in [0, 0.1) is 12.3 Å². The van der Waals surface area contributed by atoms with Crippen molar-refractivity contribution in [3.05, 3.63) is 38.7 Å². The number of carbonyl (C=O) groups is 1. The smallest absolute Gasteiger partial charge is 0.254 e. The number of benzene rings is 1. The second-order valence-corrected chi connectivity index (χ2v) is 10.2. The molecule has 0 bridgehead atoms. The molecule has 34 heavy (non-hydrogen) atoms. The minimum atomic E-state index is 0.0181. The van der Waals surface area contributed by atoms with Crippen molar-refractivity contribution in [1.82, 2.24) is 5.32 Å². The van der Waals surface area contributed by atoms with Gasteiger partial charge in [-0.1, -0.05) is 36.8 Å². The number of aryl methyl sites for hydroxylation is 1. The van der Waals surface area contributed by atoms with E-state index < -0.39 is 0 Å². The number of aliphatic imine (C=N–C) groups is 1. The number of fused-ring (bicyclic) bond motifs is 1. The normalized spacial score (nSPS) is 16.1. The first kappa shape index (κ1) is 24.6. The van der Waals surface area contributed by atoms with Crippen LogP contribution in [0.1, 0.15) is 78.2 Å². The fraction of sp³-hybridized carbons (Fsp3) is 0.481. The molecule has 0 saturated heterocycles. The summed E-state index contributed by atoms with van der Waals surface area (Å²) in [5, 5.41) is 4.46. The summed E-state index contributed by atoms with van der Waals surface area (Å²) in [7, 11) is 0. The second kappa shape index (κ2) is 11.8. The highest BCUT2D eigenvalue weighted by Gasteiger charge is 2.27. The Bertz CT molecular complexity index is 1100. The number of terminal acetylenes is 1. The maximum Gasteiger partial charge on any atom is 0.254 e. The van der Waals surface area contributed by atoms with Crippen LogP contribution in [0.15, 0.2) is 17.1 Å². The largest absolute Gasteiger partial charge is 0.490 e. The molecule has 0 radical (unpaired) electrons. The maximum absolute atomic E-state index is 13.4. The van der Waals surface area contributed by atoms with E-state index in [1.54, 1.807) is 23.6 Å². The summed E-state index contributed by atoms with van der Waals surface area (Å²) in [6, 6.07) is 3.87. The summed E-state index contributed by atoms with van der Waals surface area (Å²) in [6.07, 6.45) is 17.0. The molecule has 1 aromatic carbocycles. The van der Waals surface area contributed by atoms with Gasteiger partial charge in [-0.25, -0.2) is 4.99 Å². The van der Waals surface area contributed by atoms with Crippen molar-refractivity contribution < 1.29 is 14.3 Å². The highest BCUT2D eigenvalue weighted by molar-refractivity contribution is 7.16. The van der Waals surface area contributed by atoms with E-state index in [1.165, 1.54) is 29.7 Å². The Morgan fingerprint density at radius 3 is 2.79 bits per heavy atom. The van der Waals surface area contributed by atoms with Gasteiger partial charge in [0.1, 0.15) is 11.6 Å². The molecular weight excluding hydrogens is 468 g/mol. The molecule has 0 unspecified atom stereocenters. The lowest BCUT2D eigenvalue weighted by atomic mass is 9.93. The van der Waals surface area contributed by atoms with Gasteiger partial charge in [0.15, 0.2) is 11.5 Å². The molecule has 1 fully saturated rings. The zero-order valence-corrected chi connectivity index (χ0v) is 21.2. The summed E-state index contributed by atoms with van der Waals surface area (Å²) in [6.45, 7) is 2.47. The van der Waals surface area contributed by atoms with E-state index in [-0.39, 0.29) is 18.6 Å². The van der Waals surface area contributed by atoms with Crippen molar-refractivity contribution in [1.29, 1.82) is 0 Å². The number of ether oxygens (including phenoxy) is 2. The van der Waals surface area contributed by atoms with Crippen molar-refractivity contribution in [2.75, 3.05) is 13.2 Å². The van der Waals surface area contributed by atoms with Gasteiger partial charge in [0, 0.05) is 17.1 Å².